The van der Waals surface area contributed by atoms with Crippen molar-refractivity contribution in [2.45, 2.75) is 39.7 Å². The summed E-state index contributed by atoms with van der Waals surface area (Å²) in [6.07, 6.45) is 0.620. The maximum Gasteiger partial charge on any atom is 0.410 e. The maximum atomic E-state index is 11.8. The highest BCUT2D eigenvalue weighted by Gasteiger charge is 2.25. The zero-order chi connectivity index (χ0) is 12.3. The number of amides is 1. The van der Waals surface area contributed by atoms with Gasteiger partial charge < -0.3 is 9.64 Å². The first-order valence-corrected chi connectivity index (χ1v) is 6.08. The minimum absolute atomic E-state index is 0.236. The first-order chi connectivity index (χ1) is 7.33. The Morgan fingerprint density at radius 2 is 2.12 bits per heavy atom. The minimum Gasteiger partial charge on any atom is -0.444 e. The third-order valence-electron chi connectivity index (χ3n) is 2.53. The Hall–Kier alpha value is -0.700. The van der Waals surface area contributed by atoms with Crippen LogP contribution in [-0.4, -0.2) is 35.6 Å². The molecular weight excluding hydrogens is 226 g/mol. The Morgan fingerprint density at radius 1 is 1.50 bits per heavy atom. The quantitative estimate of drug-likeness (QED) is 0.525. The molecule has 0 radical (unpaired) electrons. The molecular formula is C12H20ClNO2. The molecule has 0 N–H and O–H groups in total. The van der Waals surface area contributed by atoms with Gasteiger partial charge >= 0.3 is 6.09 Å². The van der Waals surface area contributed by atoms with Crippen molar-refractivity contribution in [3.05, 3.63) is 11.1 Å². The topological polar surface area (TPSA) is 29.5 Å². The van der Waals surface area contributed by atoms with Crippen molar-refractivity contribution in [1.29, 1.82) is 0 Å². The zero-order valence-corrected chi connectivity index (χ0v) is 11.2. The summed E-state index contributed by atoms with van der Waals surface area (Å²) in [6.45, 7) is 8.99. The second kappa shape index (κ2) is 5.09. The molecule has 1 aliphatic rings. The summed E-state index contributed by atoms with van der Waals surface area (Å²) >= 11 is 5.82. The van der Waals surface area contributed by atoms with Crippen LogP contribution >= 0.6 is 11.6 Å². The van der Waals surface area contributed by atoms with E-state index in [9.17, 15) is 4.79 Å². The van der Waals surface area contributed by atoms with Crippen LogP contribution in [0.1, 0.15) is 34.1 Å². The number of carbonyl (C=O) groups is 1. The number of halogens is 1. The molecule has 0 saturated heterocycles. The van der Waals surface area contributed by atoms with E-state index in [0.29, 0.717) is 19.0 Å². The Kier molecular flexibility index (Phi) is 4.25. The molecule has 0 bridgehead atoms. The summed E-state index contributed by atoms with van der Waals surface area (Å²) in [6, 6.07) is 0. The molecule has 1 amide bonds. The molecule has 0 aromatic heterocycles. The van der Waals surface area contributed by atoms with Gasteiger partial charge in [0, 0.05) is 19.0 Å². The van der Waals surface area contributed by atoms with Gasteiger partial charge in [-0.2, -0.15) is 0 Å². The zero-order valence-electron chi connectivity index (χ0n) is 10.5. The van der Waals surface area contributed by atoms with Crippen molar-refractivity contribution in [3.8, 4) is 0 Å². The molecule has 0 spiro atoms. The lowest BCUT2D eigenvalue weighted by Gasteiger charge is -2.31. The first kappa shape index (κ1) is 13.4. The van der Waals surface area contributed by atoms with Crippen molar-refractivity contribution in [1.82, 2.24) is 4.90 Å². The van der Waals surface area contributed by atoms with Crippen LogP contribution < -0.4 is 0 Å². The van der Waals surface area contributed by atoms with E-state index in [-0.39, 0.29) is 6.09 Å². The monoisotopic (exact) mass is 245 g/mol. The second-order valence-electron chi connectivity index (χ2n) is 5.17. The van der Waals surface area contributed by atoms with Crippen molar-refractivity contribution in [2.24, 2.45) is 0 Å². The van der Waals surface area contributed by atoms with Crippen LogP contribution in [0.25, 0.3) is 0 Å². The number of hydrogen-bond donors (Lipinski definition) is 0. The predicted octanol–water partition coefficient (Wildman–Crippen LogP) is 3.18. The molecule has 0 atom stereocenters. The fourth-order valence-corrected chi connectivity index (χ4v) is 1.99. The Morgan fingerprint density at radius 3 is 2.56 bits per heavy atom. The Bertz CT molecular complexity index is 305. The summed E-state index contributed by atoms with van der Waals surface area (Å²) in [7, 11) is 0. The van der Waals surface area contributed by atoms with Crippen LogP contribution in [0.5, 0.6) is 0 Å². The predicted molar refractivity (Wildman–Crippen MR) is 65.8 cm³/mol. The molecule has 3 nitrogen and oxygen atoms in total. The molecule has 16 heavy (non-hydrogen) atoms. The summed E-state index contributed by atoms with van der Waals surface area (Å²) in [5, 5.41) is 0. The van der Waals surface area contributed by atoms with Gasteiger partial charge in [-0.25, -0.2) is 4.79 Å². The normalized spacial score (nSPS) is 17.7. The fraction of sp³-hybridized carbons (Fsp3) is 0.750. The van der Waals surface area contributed by atoms with Crippen molar-refractivity contribution in [3.63, 3.8) is 0 Å². The Labute approximate surface area is 102 Å². The second-order valence-corrected chi connectivity index (χ2v) is 5.44. The number of hydrogen-bond acceptors (Lipinski definition) is 2. The maximum absolute atomic E-state index is 11.8. The molecule has 0 aromatic rings. The fourth-order valence-electron chi connectivity index (χ4n) is 1.62. The number of nitrogens with zero attached hydrogens (tertiary/aromatic N) is 1. The molecule has 0 aliphatic carbocycles. The smallest absolute Gasteiger partial charge is 0.410 e. The third kappa shape index (κ3) is 3.71. The van der Waals surface area contributed by atoms with Gasteiger partial charge in [0.2, 0.25) is 0 Å². The van der Waals surface area contributed by atoms with E-state index < -0.39 is 5.60 Å². The summed E-state index contributed by atoms with van der Waals surface area (Å²) in [5.74, 6) is 0.563. The number of carbonyl (C=O) groups excluding carboxylic acids is 1. The van der Waals surface area contributed by atoms with Crippen molar-refractivity contribution >= 4 is 17.7 Å². The van der Waals surface area contributed by atoms with E-state index in [4.69, 9.17) is 16.3 Å². The molecule has 0 saturated carbocycles. The summed E-state index contributed by atoms with van der Waals surface area (Å²) in [4.78, 5) is 13.5. The molecule has 92 valence electrons. The highest BCUT2D eigenvalue weighted by atomic mass is 35.5. The van der Waals surface area contributed by atoms with Crippen molar-refractivity contribution < 1.29 is 9.53 Å². The standard InChI is InChI=1S/C12H20ClNO2/c1-9-8-14(6-5-10(9)7-13)11(15)16-12(2,3)4/h5-8H2,1-4H3. The lowest BCUT2D eigenvalue weighted by atomic mass is 10.0. The summed E-state index contributed by atoms with van der Waals surface area (Å²) < 4.78 is 5.33. The van der Waals surface area contributed by atoms with Crippen LogP contribution in [0.3, 0.4) is 0 Å². The van der Waals surface area contributed by atoms with Gasteiger partial charge in [-0.1, -0.05) is 11.1 Å². The largest absolute Gasteiger partial charge is 0.444 e. The lowest BCUT2D eigenvalue weighted by molar-refractivity contribution is 0.0260. The van der Waals surface area contributed by atoms with Gasteiger partial charge in [-0.3, -0.25) is 0 Å². The van der Waals surface area contributed by atoms with Gasteiger partial charge in [-0.05, 0) is 34.1 Å². The van der Waals surface area contributed by atoms with Gasteiger partial charge in [0.1, 0.15) is 5.60 Å². The van der Waals surface area contributed by atoms with E-state index in [2.05, 4.69) is 0 Å². The van der Waals surface area contributed by atoms with E-state index in [1.807, 2.05) is 27.7 Å². The van der Waals surface area contributed by atoms with E-state index >= 15 is 0 Å². The molecule has 0 aromatic carbocycles. The van der Waals surface area contributed by atoms with E-state index in [1.165, 1.54) is 11.1 Å². The van der Waals surface area contributed by atoms with Gasteiger partial charge in [-0.15, -0.1) is 11.6 Å². The SMILES string of the molecule is CC1=C(CCl)CCN(C(=O)OC(C)(C)C)C1. The summed E-state index contributed by atoms with van der Waals surface area (Å²) in [5.41, 5.74) is 2.01. The average molecular weight is 246 g/mol. The lowest BCUT2D eigenvalue weighted by Crippen LogP contribution is -2.40. The minimum atomic E-state index is -0.429. The number of ether oxygens (including phenoxy) is 1. The van der Waals surface area contributed by atoms with Gasteiger partial charge in [0.05, 0.1) is 0 Å². The van der Waals surface area contributed by atoms with E-state index in [0.717, 1.165) is 6.42 Å². The molecule has 0 fully saturated rings. The molecule has 0 unspecified atom stereocenters. The third-order valence-corrected chi connectivity index (χ3v) is 2.85. The van der Waals surface area contributed by atoms with Crippen LogP contribution in [-0.2, 0) is 4.74 Å². The van der Waals surface area contributed by atoms with E-state index in [1.54, 1.807) is 4.90 Å². The molecule has 1 rings (SSSR count). The van der Waals surface area contributed by atoms with Gasteiger partial charge in [0.25, 0.3) is 0 Å². The highest BCUT2D eigenvalue weighted by molar-refractivity contribution is 6.19. The Balaban J connectivity index is 2.59. The molecule has 1 heterocycles. The van der Waals surface area contributed by atoms with Crippen LogP contribution in [0.15, 0.2) is 11.1 Å². The first-order valence-electron chi connectivity index (χ1n) is 5.55. The number of rotatable bonds is 1. The van der Waals surface area contributed by atoms with Crippen LogP contribution in [0.4, 0.5) is 4.79 Å². The van der Waals surface area contributed by atoms with Crippen molar-refractivity contribution in [2.75, 3.05) is 19.0 Å². The van der Waals surface area contributed by atoms with Crippen LogP contribution in [0.2, 0.25) is 0 Å². The highest BCUT2D eigenvalue weighted by Crippen LogP contribution is 2.20. The van der Waals surface area contributed by atoms with Gasteiger partial charge in [0.15, 0.2) is 0 Å². The molecule has 4 heteroatoms. The molecule has 1 aliphatic heterocycles. The van der Waals surface area contributed by atoms with Crippen LogP contribution in [0, 0.1) is 0 Å². The number of alkyl halides is 1. The average Bonchev–Trinajstić information content (AvgIpc) is 2.15.